The summed E-state index contributed by atoms with van der Waals surface area (Å²) in [5, 5.41) is 6.18. The number of carbonyl (C=O) groups excluding carboxylic acids is 1. The fraction of sp³-hybridized carbons (Fsp3) is 0.588. The lowest BCUT2D eigenvalue weighted by atomic mass is 9.93. The van der Waals surface area contributed by atoms with Gasteiger partial charge in [-0.25, -0.2) is 4.39 Å². The summed E-state index contributed by atoms with van der Waals surface area (Å²) >= 11 is 0. The van der Waals surface area contributed by atoms with Gasteiger partial charge in [-0.3, -0.25) is 4.79 Å². The van der Waals surface area contributed by atoms with Crippen LogP contribution in [0.3, 0.4) is 0 Å². The molecule has 2 N–H and O–H groups in total. The van der Waals surface area contributed by atoms with E-state index in [4.69, 9.17) is 4.74 Å². The molecule has 1 saturated heterocycles. The third kappa shape index (κ3) is 5.64. The van der Waals surface area contributed by atoms with Crippen molar-refractivity contribution in [1.29, 1.82) is 0 Å². The molecule has 0 aromatic heterocycles. The van der Waals surface area contributed by atoms with Crippen LogP contribution in [0.2, 0.25) is 0 Å². The van der Waals surface area contributed by atoms with Crippen LogP contribution >= 0.6 is 0 Å². The van der Waals surface area contributed by atoms with Crippen molar-refractivity contribution in [1.82, 2.24) is 10.6 Å². The molecule has 2 rings (SSSR count). The second-order valence-electron chi connectivity index (χ2n) is 5.90. The third-order valence-electron chi connectivity index (χ3n) is 3.99. The molecule has 1 unspecified atom stereocenters. The Morgan fingerprint density at radius 2 is 2.14 bits per heavy atom. The highest BCUT2D eigenvalue weighted by atomic mass is 19.1. The molecule has 4 nitrogen and oxygen atoms in total. The number of ether oxygens (including phenoxy) is 1. The van der Waals surface area contributed by atoms with E-state index in [1.165, 1.54) is 6.07 Å². The molecule has 1 aromatic carbocycles. The number of hydrogen-bond acceptors (Lipinski definition) is 3. The first-order valence-corrected chi connectivity index (χ1v) is 8.03. The maximum Gasteiger partial charge on any atom is 0.220 e. The van der Waals surface area contributed by atoms with E-state index >= 15 is 0 Å². The lowest BCUT2D eigenvalue weighted by molar-refractivity contribution is -0.121. The summed E-state index contributed by atoms with van der Waals surface area (Å²) in [5.74, 6) is 0.534. The minimum atomic E-state index is -0.383. The molecule has 0 saturated carbocycles. The van der Waals surface area contributed by atoms with Crippen LogP contribution in [-0.4, -0.2) is 31.6 Å². The summed E-state index contributed by atoms with van der Waals surface area (Å²) in [4.78, 5) is 11.9. The molecule has 1 heterocycles. The molecule has 1 aliphatic heterocycles. The van der Waals surface area contributed by atoms with E-state index in [-0.39, 0.29) is 23.6 Å². The van der Waals surface area contributed by atoms with Crippen molar-refractivity contribution >= 4 is 5.91 Å². The average molecular weight is 308 g/mol. The van der Waals surface area contributed by atoms with Crippen LogP contribution in [0.5, 0.6) is 5.75 Å². The molecule has 22 heavy (non-hydrogen) atoms. The van der Waals surface area contributed by atoms with Gasteiger partial charge in [0.25, 0.3) is 0 Å². The Balaban J connectivity index is 1.64. The summed E-state index contributed by atoms with van der Waals surface area (Å²) in [6.45, 7) is 4.32. The number of benzene rings is 1. The number of rotatable bonds is 7. The van der Waals surface area contributed by atoms with Crippen LogP contribution in [0, 0.1) is 11.7 Å². The maximum atomic E-state index is 13.5. The van der Waals surface area contributed by atoms with E-state index in [1.807, 2.05) is 6.92 Å². The van der Waals surface area contributed by atoms with Gasteiger partial charge in [0.15, 0.2) is 11.6 Å². The van der Waals surface area contributed by atoms with E-state index in [1.54, 1.807) is 18.2 Å². The van der Waals surface area contributed by atoms with Crippen LogP contribution in [0.4, 0.5) is 4.39 Å². The molecule has 1 aromatic rings. The smallest absolute Gasteiger partial charge is 0.220 e. The van der Waals surface area contributed by atoms with E-state index < -0.39 is 0 Å². The van der Waals surface area contributed by atoms with Crippen molar-refractivity contribution in [3.05, 3.63) is 30.1 Å². The Kier molecular flexibility index (Phi) is 6.65. The quantitative estimate of drug-likeness (QED) is 0.813. The first kappa shape index (κ1) is 16.7. The van der Waals surface area contributed by atoms with Gasteiger partial charge in [0.2, 0.25) is 5.91 Å². The Hall–Kier alpha value is -1.62. The monoisotopic (exact) mass is 308 g/mol. The van der Waals surface area contributed by atoms with Gasteiger partial charge in [-0.1, -0.05) is 12.1 Å². The molecular weight excluding hydrogens is 283 g/mol. The second-order valence-corrected chi connectivity index (χ2v) is 5.90. The summed E-state index contributed by atoms with van der Waals surface area (Å²) in [6.07, 6.45) is 3.53. The summed E-state index contributed by atoms with van der Waals surface area (Å²) in [5.41, 5.74) is 0. The zero-order valence-electron chi connectivity index (χ0n) is 13.1. The molecule has 5 heteroatoms. The molecule has 1 fully saturated rings. The highest BCUT2D eigenvalue weighted by Gasteiger charge is 2.15. The number of halogens is 1. The number of amides is 1. The van der Waals surface area contributed by atoms with Crippen molar-refractivity contribution < 1.29 is 13.9 Å². The Bertz CT molecular complexity index is 475. The van der Waals surface area contributed by atoms with E-state index in [0.717, 1.165) is 32.4 Å². The molecule has 0 radical (unpaired) electrons. The highest BCUT2D eigenvalue weighted by Crippen LogP contribution is 2.18. The molecule has 1 aliphatic rings. The van der Waals surface area contributed by atoms with Gasteiger partial charge >= 0.3 is 0 Å². The molecule has 1 amide bonds. The van der Waals surface area contributed by atoms with Gasteiger partial charge in [-0.2, -0.15) is 0 Å². The summed E-state index contributed by atoms with van der Waals surface area (Å²) < 4.78 is 18.9. The van der Waals surface area contributed by atoms with Gasteiger partial charge in [0.05, 0.1) is 6.54 Å². The van der Waals surface area contributed by atoms with E-state index in [9.17, 15) is 9.18 Å². The van der Waals surface area contributed by atoms with Crippen molar-refractivity contribution in [2.24, 2.45) is 5.92 Å². The van der Waals surface area contributed by atoms with Gasteiger partial charge in [-0.05, 0) is 57.3 Å². The van der Waals surface area contributed by atoms with E-state index in [2.05, 4.69) is 10.6 Å². The fourth-order valence-electron chi connectivity index (χ4n) is 2.65. The first-order chi connectivity index (χ1) is 10.6. The van der Waals surface area contributed by atoms with Gasteiger partial charge in [-0.15, -0.1) is 0 Å². The fourth-order valence-corrected chi connectivity index (χ4v) is 2.65. The zero-order chi connectivity index (χ0) is 15.8. The predicted octanol–water partition coefficient (Wildman–Crippen LogP) is 2.49. The Labute approximate surface area is 131 Å². The second kappa shape index (κ2) is 8.73. The van der Waals surface area contributed by atoms with Crippen LogP contribution in [0.15, 0.2) is 24.3 Å². The Morgan fingerprint density at radius 1 is 1.41 bits per heavy atom. The standard InChI is InChI=1S/C17H25FN2O2/c1-13(22-16-5-3-2-4-15(16)18)12-20-17(21)7-6-14-8-10-19-11-9-14/h2-5,13-14,19H,6-12H2,1H3,(H,20,21). The Morgan fingerprint density at radius 3 is 2.86 bits per heavy atom. The molecule has 1 atom stereocenters. The van der Waals surface area contributed by atoms with Crippen molar-refractivity contribution in [3.8, 4) is 5.75 Å². The van der Waals surface area contributed by atoms with Crippen molar-refractivity contribution in [3.63, 3.8) is 0 Å². The number of hydrogen-bond donors (Lipinski definition) is 2. The van der Waals surface area contributed by atoms with Gasteiger partial charge in [0.1, 0.15) is 6.10 Å². The van der Waals surface area contributed by atoms with Crippen LogP contribution in [0.25, 0.3) is 0 Å². The van der Waals surface area contributed by atoms with Crippen LogP contribution in [0.1, 0.15) is 32.6 Å². The number of carbonyl (C=O) groups is 1. The van der Waals surface area contributed by atoms with Crippen LogP contribution in [-0.2, 0) is 4.79 Å². The van der Waals surface area contributed by atoms with Gasteiger partial charge < -0.3 is 15.4 Å². The number of para-hydroxylation sites is 1. The topological polar surface area (TPSA) is 50.4 Å². The number of piperidine rings is 1. The van der Waals surface area contributed by atoms with Crippen molar-refractivity contribution in [2.75, 3.05) is 19.6 Å². The SMILES string of the molecule is CC(CNC(=O)CCC1CCNCC1)Oc1ccccc1F. The molecule has 0 aliphatic carbocycles. The highest BCUT2D eigenvalue weighted by molar-refractivity contribution is 5.75. The molecule has 122 valence electrons. The first-order valence-electron chi connectivity index (χ1n) is 8.03. The minimum Gasteiger partial charge on any atom is -0.486 e. The normalized spacial score (nSPS) is 17.0. The predicted molar refractivity (Wildman–Crippen MR) is 84.3 cm³/mol. The van der Waals surface area contributed by atoms with Crippen LogP contribution < -0.4 is 15.4 Å². The maximum absolute atomic E-state index is 13.5. The zero-order valence-corrected chi connectivity index (χ0v) is 13.1. The van der Waals surface area contributed by atoms with E-state index in [0.29, 0.717) is 18.9 Å². The lowest BCUT2D eigenvalue weighted by Gasteiger charge is -2.22. The largest absolute Gasteiger partial charge is 0.486 e. The minimum absolute atomic E-state index is 0.0440. The van der Waals surface area contributed by atoms with Gasteiger partial charge in [0, 0.05) is 6.42 Å². The molecule has 0 spiro atoms. The summed E-state index contributed by atoms with van der Waals surface area (Å²) in [7, 11) is 0. The lowest BCUT2D eigenvalue weighted by Crippen LogP contribution is -2.34. The van der Waals surface area contributed by atoms with Crippen molar-refractivity contribution in [2.45, 2.75) is 38.7 Å². The summed E-state index contributed by atoms with van der Waals surface area (Å²) in [6, 6.07) is 6.29. The number of nitrogens with one attached hydrogen (secondary N) is 2. The molecule has 0 bridgehead atoms. The third-order valence-corrected chi connectivity index (χ3v) is 3.99. The average Bonchev–Trinajstić information content (AvgIpc) is 2.54. The molecular formula is C17H25FN2O2.